The highest BCUT2D eigenvalue weighted by atomic mass is 32.2. The van der Waals surface area contributed by atoms with Gasteiger partial charge in [0.05, 0.1) is 36.0 Å². The van der Waals surface area contributed by atoms with E-state index in [9.17, 15) is 13.2 Å². The van der Waals surface area contributed by atoms with Gasteiger partial charge in [-0.25, -0.2) is 8.42 Å². The molecule has 0 radical (unpaired) electrons. The monoisotopic (exact) mass is 288 g/mol. The lowest BCUT2D eigenvalue weighted by molar-refractivity contribution is -0.140. The molecule has 0 aromatic heterocycles. The molecule has 3 atom stereocenters. The fraction of sp³-hybridized carbons (Fsp3) is 0.750. The minimum atomic E-state index is -3.06. The minimum absolute atomic E-state index is 0.0666. The summed E-state index contributed by atoms with van der Waals surface area (Å²) in [5.41, 5.74) is 0. The highest BCUT2D eigenvalue weighted by molar-refractivity contribution is 7.92. The van der Waals surface area contributed by atoms with Gasteiger partial charge in [-0.05, 0) is 12.8 Å². The predicted molar refractivity (Wildman–Crippen MR) is 71.0 cm³/mol. The van der Waals surface area contributed by atoms with E-state index in [0.29, 0.717) is 31.5 Å². The Hall–Kier alpha value is -1.24. The number of nitrogens with one attached hydrogen (secondary N) is 2. The first-order chi connectivity index (χ1) is 8.94. The second kappa shape index (κ2) is 5.40. The van der Waals surface area contributed by atoms with Crippen LogP contribution in [0.1, 0.15) is 25.7 Å². The first-order valence-electron chi connectivity index (χ1n) is 6.44. The SMILES string of the molecule is C=C1N[C@H]2[C@H](CS(=O)(=O)[C@H]2CCCCC(=O)OC)N1. The molecule has 19 heavy (non-hydrogen) atoms. The van der Waals surface area contributed by atoms with Crippen LogP contribution in [0, 0.1) is 0 Å². The molecule has 2 aliphatic heterocycles. The predicted octanol–water partition coefficient (Wildman–Crippen LogP) is -0.0820. The van der Waals surface area contributed by atoms with Crippen LogP contribution in [0.5, 0.6) is 0 Å². The average molecular weight is 288 g/mol. The Bertz CT molecular complexity index is 474. The summed E-state index contributed by atoms with van der Waals surface area (Å²) in [6.07, 6.45) is 2.28. The molecular weight excluding hydrogens is 268 g/mol. The highest BCUT2D eigenvalue weighted by Crippen LogP contribution is 2.29. The third kappa shape index (κ3) is 3.02. The van der Waals surface area contributed by atoms with Crippen molar-refractivity contribution in [3.8, 4) is 0 Å². The van der Waals surface area contributed by atoms with Crippen molar-refractivity contribution >= 4 is 15.8 Å². The number of ether oxygens (including phenoxy) is 1. The maximum Gasteiger partial charge on any atom is 0.305 e. The molecule has 2 saturated heterocycles. The molecular formula is C12H20N2O4S. The van der Waals surface area contributed by atoms with Crippen molar-refractivity contribution in [1.82, 2.24) is 10.6 Å². The lowest BCUT2D eigenvalue weighted by Crippen LogP contribution is -2.38. The molecule has 2 fully saturated rings. The average Bonchev–Trinajstić information content (AvgIpc) is 2.77. The number of unbranched alkanes of at least 4 members (excludes halogenated alkanes) is 1. The standard InChI is InChI=1S/C12H20N2O4S/c1-8-13-9-7-19(16,17)10(12(9)14-8)5-3-4-6-11(15)18-2/h9-10,12-14H,1,3-7H2,2H3/t9-,10-,12-/m0/s1. The van der Waals surface area contributed by atoms with Gasteiger partial charge in [-0.1, -0.05) is 13.0 Å². The molecule has 0 saturated carbocycles. The van der Waals surface area contributed by atoms with Crippen molar-refractivity contribution in [2.75, 3.05) is 12.9 Å². The third-order valence-electron chi connectivity index (χ3n) is 3.75. The number of carbonyl (C=O) groups excluding carboxylic acids is 1. The van der Waals surface area contributed by atoms with Gasteiger partial charge >= 0.3 is 5.97 Å². The van der Waals surface area contributed by atoms with E-state index in [1.54, 1.807) is 0 Å². The van der Waals surface area contributed by atoms with E-state index in [1.807, 2.05) is 0 Å². The number of hydrogen-bond donors (Lipinski definition) is 2. The van der Waals surface area contributed by atoms with Crippen LogP contribution < -0.4 is 10.6 Å². The van der Waals surface area contributed by atoms with Crippen molar-refractivity contribution in [3.63, 3.8) is 0 Å². The van der Waals surface area contributed by atoms with Crippen LogP contribution in [0.2, 0.25) is 0 Å². The lowest BCUT2D eigenvalue weighted by Gasteiger charge is -2.16. The fourth-order valence-corrected chi connectivity index (χ4v) is 5.10. The summed E-state index contributed by atoms with van der Waals surface area (Å²) in [5, 5.41) is 5.78. The summed E-state index contributed by atoms with van der Waals surface area (Å²) in [5.74, 6) is 0.608. The summed E-state index contributed by atoms with van der Waals surface area (Å²) in [6, 6.07) is -0.154. The van der Waals surface area contributed by atoms with Crippen LogP contribution in [-0.4, -0.2) is 44.6 Å². The molecule has 0 unspecified atom stereocenters. The van der Waals surface area contributed by atoms with E-state index in [2.05, 4.69) is 21.9 Å². The fourth-order valence-electron chi connectivity index (χ4n) is 2.83. The Morgan fingerprint density at radius 1 is 1.42 bits per heavy atom. The summed E-state index contributed by atoms with van der Waals surface area (Å²) < 4.78 is 28.7. The van der Waals surface area contributed by atoms with Gasteiger partial charge in [0.2, 0.25) is 0 Å². The molecule has 0 aliphatic carbocycles. The van der Waals surface area contributed by atoms with Gasteiger partial charge in [0, 0.05) is 6.42 Å². The summed E-state index contributed by atoms with van der Waals surface area (Å²) in [4.78, 5) is 11.0. The van der Waals surface area contributed by atoms with E-state index in [0.717, 1.165) is 0 Å². The molecule has 0 aromatic carbocycles. The van der Waals surface area contributed by atoms with Crippen LogP contribution in [0.15, 0.2) is 12.4 Å². The number of methoxy groups -OCH3 is 1. The Balaban J connectivity index is 1.87. The van der Waals surface area contributed by atoms with E-state index in [4.69, 9.17) is 0 Å². The Labute approximate surface area is 113 Å². The van der Waals surface area contributed by atoms with Crippen molar-refractivity contribution in [3.05, 3.63) is 12.4 Å². The van der Waals surface area contributed by atoms with Gasteiger partial charge in [-0.3, -0.25) is 4.79 Å². The van der Waals surface area contributed by atoms with E-state index >= 15 is 0 Å². The number of rotatable bonds is 5. The first-order valence-corrected chi connectivity index (χ1v) is 8.16. The van der Waals surface area contributed by atoms with Crippen LogP contribution in [0.25, 0.3) is 0 Å². The van der Waals surface area contributed by atoms with Gasteiger partial charge in [0.1, 0.15) is 0 Å². The molecule has 2 heterocycles. The van der Waals surface area contributed by atoms with Crippen LogP contribution in [-0.2, 0) is 19.4 Å². The number of carbonyl (C=O) groups is 1. The molecule has 0 aromatic rings. The minimum Gasteiger partial charge on any atom is -0.469 e. The molecule has 2 N–H and O–H groups in total. The lowest BCUT2D eigenvalue weighted by atomic mass is 10.0. The largest absolute Gasteiger partial charge is 0.469 e. The third-order valence-corrected chi connectivity index (χ3v) is 6.03. The zero-order valence-electron chi connectivity index (χ0n) is 11.0. The maximum absolute atomic E-state index is 12.1. The van der Waals surface area contributed by atoms with Crippen LogP contribution in [0.3, 0.4) is 0 Å². The van der Waals surface area contributed by atoms with Gasteiger partial charge in [0.25, 0.3) is 0 Å². The molecule has 0 spiro atoms. The summed E-state index contributed by atoms with van der Waals surface area (Å²) >= 11 is 0. The topological polar surface area (TPSA) is 84.5 Å². The van der Waals surface area contributed by atoms with Gasteiger partial charge < -0.3 is 15.4 Å². The van der Waals surface area contributed by atoms with Crippen molar-refractivity contribution in [1.29, 1.82) is 0 Å². The van der Waals surface area contributed by atoms with E-state index in [1.165, 1.54) is 7.11 Å². The molecule has 2 rings (SSSR count). The van der Waals surface area contributed by atoms with Crippen molar-refractivity contribution in [2.24, 2.45) is 0 Å². The number of hydrogen-bond acceptors (Lipinski definition) is 6. The second-order valence-electron chi connectivity index (χ2n) is 5.09. The van der Waals surface area contributed by atoms with Crippen LogP contribution >= 0.6 is 0 Å². The zero-order chi connectivity index (χ0) is 14.0. The molecule has 108 valence electrons. The van der Waals surface area contributed by atoms with Crippen molar-refractivity contribution in [2.45, 2.75) is 43.0 Å². The Kier molecular flexibility index (Phi) is 4.03. The maximum atomic E-state index is 12.1. The number of sulfone groups is 1. The summed E-state index contributed by atoms with van der Waals surface area (Å²) in [6.45, 7) is 3.77. The van der Waals surface area contributed by atoms with Crippen molar-refractivity contribution < 1.29 is 17.9 Å². The molecule has 6 nitrogen and oxygen atoms in total. The molecule has 7 heteroatoms. The van der Waals surface area contributed by atoms with Gasteiger partial charge in [-0.2, -0.15) is 0 Å². The number of fused-ring (bicyclic) bond motifs is 1. The van der Waals surface area contributed by atoms with E-state index < -0.39 is 9.84 Å². The molecule has 2 aliphatic rings. The van der Waals surface area contributed by atoms with E-state index in [-0.39, 0.29) is 29.1 Å². The van der Waals surface area contributed by atoms with Gasteiger partial charge in [-0.15, -0.1) is 0 Å². The summed E-state index contributed by atoms with van der Waals surface area (Å²) in [7, 11) is -1.70. The smallest absolute Gasteiger partial charge is 0.305 e. The second-order valence-corrected chi connectivity index (χ2v) is 7.35. The van der Waals surface area contributed by atoms with Gasteiger partial charge in [0.15, 0.2) is 9.84 Å². The first kappa shape index (κ1) is 14.2. The normalized spacial score (nSPS) is 31.4. The Morgan fingerprint density at radius 3 is 2.84 bits per heavy atom. The highest BCUT2D eigenvalue weighted by Gasteiger charge is 2.49. The molecule has 0 bridgehead atoms. The quantitative estimate of drug-likeness (QED) is 0.544. The molecule has 0 amide bonds. The Morgan fingerprint density at radius 2 is 2.16 bits per heavy atom. The number of esters is 1. The zero-order valence-corrected chi connectivity index (χ0v) is 11.8. The van der Waals surface area contributed by atoms with Crippen LogP contribution in [0.4, 0.5) is 0 Å².